The first-order valence-corrected chi connectivity index (χ1v) is 44.4. The molecule has 560 valence electrons. The van der Waals surface area contributed by atoms with Crippen LogP contribution in [0.1, 0.15) is 0 Å². The van der Waals surface area contributed by atoms with Gasteiger partial charge in [0.2, 0.25) is 0 Å². The summed E-state index contributed by atoms with van der Waals surface area (Å²) in [4.78, 5) is 20.7. The van der Waals surface area contributed by atoms with E-state index in [-0.39, 0.29) is 0 Å². The van der Waals surface area contributed by atoms with Crippen molar-refractivity contribution in [3.63, 3.8) is 0 Å². The van der Waals surface area contributed by atoms with E-state index >= 15 is 0 Å². The second-order valence-corrected chi connectivity index (χ2v) is 35.7. The van der Waals surface area contributed by atoms with Crippen LogP contribution in [0, 0.1) is 0 Å². The first kappa shape index (κ1) is 72.2. The third-order valence-corrected chi connectivity index (χ3v) is 28.9. The van der Waals surface area contributed by atoms with E-state index in [1.165, 1.54) is 124 Å². The number of fused-ring (bicyclic) bond motifs is 3. The Kier molecular flexibility index (Phi) is 19.5. The van der Waals surface area contributed by atoms with Gasteiger partial charge in [-0.15, -0.1) is 68.0 Å². The topological polar surface area (TPSA) is 13.0 Å². The molecule has 0 spiro atoms. The van der Waals surface area contributed by atoms with Crippen LogP contribution < -0.4 is 19.6 Å². The lowest BCUT2D eigenvalue weighted by Gasteiger charge is -2.30. The molecule has 0 aliphatic rings. The second-order valence-electron chi connectivity index (χ2n) is 29.2. The van der Waals surface area contributed by atoms with Crippen LogP contribution in [0.5, 0.6) is 0 Å². The summed E-state index contributed by atoms with van der Waals surface area (Å²) in [6.45, 7) is 0. The Labute approximate surface area is 710 Å². The van der Waals surface area contributed by atoms with Gasteiger partial charge >= 0.3 is 0 Å². The van der Waals surface area contributed by atoms with Crippen LogP contribution in [0.4, 0.5) is 68.2 Å². The van der Waals surface area contributed by atoms with E-state index in [1.54, 1.807) is 0 Å². The van der Waals surface area contributed by atoms with E-state index in [0.717, 1.165) is 68.2 Å². The highest BCUT2D eigenvalue weighted by Crippen LogP contribution is 2.48. The lowest BCUT2D eigenvalue weighted by Crippen LogP contribution is -2.14. The molecule has 0 radical (unpaired) electrons. The van der Waals surface area contributed by atoms with Crippen LogP contribution in [0.25, 0.3) is 124 Å². The fraction of sp³-hybridized carbons (Fsp3) is 0. The van der Waals surface area contributed by atoms with Crippen molar-refractivity contribution in [3.05, 3.63) is 437 Å². The number of benzene rings is 15. The molecule has 0 N–H and O–H groups in total. The number of thiophene rings is 6. The van der Waals surface area contributed by atoms with Gasteiger partial charge in [0.25, 0.3) is 0 Å². The minimum absolute atomic E-state index is 1.01. The molecule has 0 aliphatic heterocycles. The van der Waals surface area contributed by atoms with Crippen molar-refractivity contribution in [2.45, 2.75) is 0 Å². The molecule has 0 bridgehead atoms. The third kappa shape index (κ3) is 14.6. The summed E-state index contributed by atoms with van der Waals surface area (Å²) in [5, 5.41) is 3.79. The van der Waals surface area contributed by atoms with Crippen molar-refractivity contribution in [2.75, 3.05) is 19.6 Å². The number of rotatable bonds is 21. The average molecular weight is 1620 g/mol. The summed E-state index contributed by atoms with van der Waals surface area (Å²) >= 11 is 11.0. The molecular formula is C108H72N4S6. The highest BCUT2D eigenvalue weighted by Gasteiger charge is 2.23. The minimum Gasteiger partial charge on any atom is -0.311 e. The molecule has 15 aromatic carbocycles. The molecule has 0 saturated carbocycles. The molecule has 0 aliphatic carbocycles. The summed E-state index contributed by atoms with van der Waals surface area (Å²) in [5.41, 5.74) is 23.3. The molecule has 10 heteroatoms. The Bertz CT molecular complexity index is 6270. The van der Waals surface area contributed by atoms with E-state index in [4.69, 9.17) is 0 Å². The third-order valence-electron chi connectivity index (χ3n) is 21.8. The van der Waals surface area contributed by atoms with Crippen LogP contribution in [0.15, 0.2) is 437 Å². The van der Waals surface area contributed by atoms with Gasteiger partial charge in [-0.1, -0.05) is 218 Å². The normalized spacial score (nSPS) is 11.4. The van der Waals surface area contributed by atoms with Gasteiger partial charge < -0.3 is 19.6 Å². The predicted molar refractivity (Wildman–Crippen MR) is 514 cm³/mol. The molecule has 0 atom stereocenters. The molecule has 4 nitrogen and oxygen atoms in total. The molecule has 0 saturated heterocycles. The summed E-state index contributed by atoms with van der Waals surface area (Å²) in [6.07, 6.45) is 0. The van der Waals surface area contributed by atoms with Crippen LogP contribution in [0.2, 0.25) is 0 Å². The molecule has 21 rings (SSSR count). The Morgan fingerprint density at radius 3 is 0.458 bits per heavy atom. The molecule has 6 heterocycles. The molecule has 0 fully saturated rings. The average Bonchev–Trinajstić information content (AvgIpc) is 1.21. The Hall–Kier alpha value is -13.5. The summed E-state index contributed by atoms with van der Waals surface area (Å²) in [7, 11) is 0. The van der Waals surface area contributed by atoms with E-state index < -0.39 is 0 Å². The Morgan fingerprint density at radius 2 is 0.271 bits per heavy atom. The van der Waals surface area contributed by atoms with Gasteiger partial charge in [0.05, 0.1) is 0 Å². The van der Waals surface area contributed by atoms with Crippen molar-refractivity contribution in [2.24, 2.45) is 0 Å². The second kappa shape index (κ2) is 31.9. The smallest absolute Gasteiger partial charge is 0.0463 e. The van der Waals surface area contributed by atoms with Crippen molar-refractivity contribution < 1.29 is 0 Å². The van der Waals surface area contributed by atoms with Gasteiger partial charge in [-0.05, 0) is 285 Å². The first-order chi connectivity index (χ1) is 58.4. The van der Waals surface area contributed by atoms with Gasteiger partial charge in [0, 0.05) is 126 Å². The van der Waals surface area contributed by atoms with Crippen molar-refractivity contribution in [3.8, 4) is 94.0 Å². The SMILES string of the molecule is c1ccc(-c2ccc(-c3ccc(N(c4ccc(-c5cc6ccccc6s5)cc4)c4ccc(N(c5ccc(N(c6ccc(-c7ccc(-c8ccccc8)s7)cc6)c6ccc(-c7cc8ccccc8s7)cc6)cc5)c5ccc(N(c6ccc(-c7ccc(-c8ccccc8)s7)cc6)c6ccc(-c7cc8ccccc8s7)cc6)cc5)cc4)cc3)s2)cc1. The van der Waals surface area contributed by atoms with Crippen LogP contribution in [0.3, 0.4) is 0 Å². The van der Waals surface area contributed by atoms with Crippen LogP contribution in [-0.2, 0) is 0 Å². The van der Waals surface area contributed by atoms with Crippen molar-refractivity contribution >= 4 is 167 Å². The number of anilines is 12. The quantitative estimate of drug-likeness (QED) is 0.0711. The largest absolute Gasteiger partial charge is 0.311 e. The first-order valence-electron chi connectivity index (χ1n) is 39.5. The maximum absolute atomic E-state index is 2.40. The van der Waals surface area contributed by atoms with Gasteiger partial charge in [-0.3, -0.25) is 0 Å². The summed E-state index contributed by atoms with van der Waals surface area (Å²) in [5.74, 6) is 0. The van der Waals surface area contributed by atoms with Crippen molar-refractivity contribution in [1.82, 2.24) is 0 Å². The van der Waals surface area contributed by atoms with Gasteiger partial charge in [0.15, 0.2) is 0 Å². The standard InChI is InChI=1S/C108H72N4S6/c1-4-16-73(17-5-1)100-64-67-103(113-100)76-28-40-85(41-29-76)109(88-46-34-79(35-47-88)106-70-82-22-10-13-25-97(82)116-106)91-52-58-94(59-53-91)112(95-60-54-92(55-61-95)110(89-48-36-80(37-49-89)107-71-83-23-11-14-26-98(83)117-107)86-42-30-77(31-43-86)104-68-65-101(114-104)74-18-6-2-7-19-74)96-62-56-93(57-63-96)111(90-50-38-81(39-51-90)108-72-84-24-12-15-27-99(84)118-108)87-44-32-78(33-45-87)105-69-66-102(115-105)75-20-8-3-9-21-75/h1-72H. The molecule has 6 aromatic heterocycles. The van der Waals surface area contributed by atoms with E-state index in [0.29, 0.717) is 0 Å². The monoisotopic (exact) mass is 1620 g/mol. The van der Waals surface area contributed by atoms with Gasteiger partial charge in [-0.2, -0.15) is 0 Å². The zero-order valence-electron chi connectivity index (χ0n) is 63.8. The van der Waals surface area contributed by atoms with E-state index in [9.17, 15) is 0 Å². The number of hydrogen-bond donors (Lipinski definition) is 0. The summed E-state index contributed by atoms with van der Waals surface area (Å²) < 4.78 is 3.86. The molecule has 0 unspecified atom stereocenters. The zero-order chi connectivity index (χ0) is 78.2. The fourth-order valence-electron chi connectivity index (χ4n) is 15.8. The minimum atomic E-state index is 1.01. The molecule has 21 aromatic rings. The van der Waals surface area contributed by atoms with Crippen molar-refractivity contribution in [1.29, 1.82) is 0 Å². The highest BCUT2D eigenvalue weighted by molar-refractivity contribution is 7.23. The maximum atomic E-state index is 2.40. The van der Waals surface area contributed by atoms with E-state index in [2.05, 4.69) is 456 Å². The summed E-state index contributed by atoms with van der Waals surface area (Å²) in [6, 6.07) is 160. The lowest BCUT2D eigenvalue weighted by molar-refractivity contribution is 1.24. The molecule has 0 amide bonds. The Balaban J connectivity index is 0.668. The molecule has 118 heavy (non-hydrogen) atoms. The van der Waals surface area contributed by atoms with Crippen LogP contribution >= 0.6 is 68.0 Å². The highest BCUT2D eigenvalue weighted by atomic mass is 32.1. The predicted octanol–water partition coefficient (Wildman–Crippen LogP) is 34.4. The number of hydrogen-bond acceptors (Lipinski definition) is 10. The zero-order valence-corrected chi connectivity index (χ0v) is 68.7. The number of nitrogens with zero attached hydrogens (tertiary/aromatic N) is 4. The molecular weight excluding hydrogens is 1550 g/mol. The van der Waals surface area contributed by atoms with Gasteiger partial charge in [-0.25, -0.2) is 0 Å². The maximum Gasteiger partial charge on any atom is 0.0463 e. The van der Waals surface area contributed by atoms with E-state index in [1.807, 2.05) is 68.0 Å². The lowest BCUT2D eigenvalue weighted by atomic mass is 10.1. The fourth-order valence-corrected chi connectivity index (χ4v) is 22.1. The van der Waals surface area contributed by atoms with Crippen LogP contribution in [-0.4, -0.2) is 0 Å². The Morgan fingerprint density at radius 1 is 0.119 bits per heavy atom. The van der Waals surface area contributed by atoms with Gasteiger partial charge in [0.1, 0.15) is 0 Å².